The van der Waals surface area contributed by atoms with E-state index in [1.807, 2.05) is 44.2 Å². The minimum Gasteiger partial charge on any atom is -0.493 e. The number of carbonyl (C=O) groups is 2. The first kappa shape index (κ1) is 29.3. The Labute approximate surface area is 216 Å². The zero-order valence-electron chi connectivity index (χ0n) is 23.3. The molecule has 1 aromatic heterocycles. The predicted octanol–water partition coefficient (Wildman–Crippen LogP) is 5.57. The molecule has 2 aromatic rings. The van der Waals surface area contributed by atoms with E-state index in [0.717, 1.165) is 12.0 Å². The highest BCUT2D eigenvalue weighted by Gasteiger charge is 2.26. The summed E-state index contributed by atoms with van der Waals surface area (Å²) < 4.78 is 16.3. The van der Waals surface area contributed by atoms with E-state index in [4.69, 9.17) is 13.9 Å². The van der Waals surface area contributed by atoms with Crippen molar-refractivity contribution in [3.63, 3.8) is 0 Å². The second-order valence-electron chi connectivity index (χ2n) is 11.0. The molecule has 0 spiro atoms. The number of hydrogen-bond donors (Lipinski definition) is 0. The zero-order chi connectivity index (χ0) is 26.9. The maximum absolute atomic E-state index is 13.5. The van der Waals surface area contributed by atoms with Crippen LogP contribution in [0, 0.1) is 11.3 Å². The molecule has 0 bridgehead atoms. The maximum atomic E-state index is 13.5. The average Bonchev–Trinajstić information content (AvgIpc) is 3.31. The average molecular weight is 501 g/mol. The molecular weight excluding hydrogens is 456 g/mol. The lowest BCUT2D eigenvalue weighted by atomic mass is 9.84. The molecule has 0 radical (unpaired) electrons. The van der Waals surface area contributed by atoms with Gasteiger partial charge in [-0.15, -0.1) is 0 Å². The second kappa shape index (κ2) is 13.4. The zero-order valence-corrected chi connectivity index (χ0v) is 23.3. The Bertz CT molecular complexity index is 963. The van der Waals surface area contributed by atoms with Gasteiger partial charge in [-0.2, -0.15) is 0 Å². The van der Waals surface area contributed by atoms with Gasteiger partial charge in [0, 0.05) is 19.0 Å². The number of nitrogens with zero attached hydrogens (tertiary/aromatic N) is 2. The fourth-order valence-corrected chi connectivity index (χ4v) is 4.52. The van der Waals surface area contributed by atoms with Crippen LogP contribution in [0.3, 0.4) is 0 Å². The molecule has 0 aliphatic heterocycles. The Morgan fingerprint density at radius 3 is 2.25 bits per heavy atom. The third kappa shape index (κ3) is 9.25. The quantitative estimate of drug-likeness (QED) is 0.360. The summed E-state index contributed by atoms with van der Waals surface area (Å²) in [4.78, 5) is 30.1. The van der Waals surface area contributed by atoms with Gasteiger partial charge in [-0.3, -0.25) is 9.59 Å². The highest BCUT2D eigenvalue weighted by atomic mass is 16.5. The lowest BCUT2D eigenvalue weighted by molar-refractivity contribution is -0.143. The molecule has 0 saturated heterocycles. The van der Waals surface area contributed by atoms with Gasteiger partial charge >= 0.3 is 0 Å². The molecule has 1 aromatic carbocycles. The van der Waals surface area contributed by atoms with E-state index < -0.39 is 0 Å². The third-order valence-electron chi connectivity index (χ3n) is 6.13. The van der Waals surface area contributed by atoms with Crippen molar-refractivity contribution < 1.29 is 23.5 Å². The van der Waals surface area contributed by atoms with Crippen molar-refractivity contribution in [2.75, 3.05) is 27.3 Å². The smallest absolute Gasteiger partial charge is 0.242 e. The topological polar surface area (TPSA) is 72.2 Å². The molecule has 0 aliphatic carbocycles. The summed E-state index contributed by atoms with van der Waals surface area (Å²) in [6.07, 6.45) is 3.62. The Balaban J connectivity index is 2.13. The Morgan fingerprint density at radius 2 is 1.69 bits per heavy atom. The van der Waals surface area contributed by atoms with Crippen LogP contribution in [-0.2, 0) is 22.6 Å². The number of carbonyl (C=O) groups excluding carboxylic acids is 2. The number of hydrogen-bond acceptors (Lipinski definition) is 5. The summed E-state index contributed by atoms with van der Waals surface area (Å²) in [6, 6.07) is 9.36. The Morgan fingerprint density at radius 1 is 1.00 bits per heavy atom. The van der Waals surface area contributed by atoms with E-state index in [0.29, 0.717) is 43.2 Å². The fraction of sp³-hybridized carbons (Fsp3) is 0.586. The molecule has 0 aliphatic rings. The molecule has 2 amide bonds. The van der Waals surface area contributed by atoms with Crippen LogP contribution in [0.5, 0.6) is 11.5 Å². The first-order valence-corrected chi connectivity index (χ1v) is 12.7. The van der Waals surface area contributed by atoms with Gasteiger partial charge in [-0.25, -0.2) is 0 Å². The molecule has 0 fully saturated rings. The van der Waals surface area contributed by atoms with Crippen LogP contribution in [0.1, 0.15) is 65.7 Å². The van der Waals surface area contributed by atoms with Crippen molar-refractivity contribution in [3.05, 3.63) is 47.9 Å². The van der Waals surface area contributed by atoms with Gasteiger partial charge in [0.25, 0.3) is 0 Å². The van der Waals surface area contributed by atoms with Crippen molar-refractivity contribution in [1.82, 2.24) is 9.80 Å². The van der Waals surface area contributed by atoms with Crippen LogP contribution in [-0.4, -0.2) is 55.0 Å². The largest absolute Gasteiger partial charge is 0.493 e. The number of methoxy groups -OCH3 is 2. The first-order chi connectivity index (χ1) is 16.9. The van der Waals surface area contributed by atoms with Gasteiger partial charge in [-0.05, 0) is 67.9 Å². The second-order valence-corrected chi connectivity index (χ2v) is 11.0. The van der Waals surface area contributed by atoms with E-state index in [1.54, 1.807) is 30.3 Å². The monoisotopic (exact) mass is 500 g/mol. The summed E-state index contributed by atoms with van der Waals surface area (Å²) in [7, 11) is 3.21. The van der Waals surface area contributed by atoms with Crippen LogP contribution in [0.15, 0.2) is 41.0 Å². The lowest BCUT2D eigenvalue weighted by Gasteiger charge is -2.31. The van der Waals surface area contributed by atoms with Crippen LogP contribution < -0.4 is 9.47 Å². The fourth-order valence-electron chi connectivity index (χ4n) is 4.52. The first-order valence-electron chi connectivity index (χ1n) is 12.7. The van der Waals surface area contributed by atoms with Crippen LogP contribution >= 0.6 is 0 Å². The van der Waals surface area contributed by atoms with Crippen molar-refractivity contribution in [2.45, 2.75) is 73.4 Å². The van der Waals surface area contributed by atoms with Gasteiger partial charge in [0.05, 0.1) is 33.6 Å². The minimum atomic E-state index is -0.0996. The van der Waals surface area contributed by atoms with E-state index in [9.17, 15) is 9.59 Å². The highest BCUT2D eigenvalue weighted by molar-refractivity contribution is 5.85. The summed E-state index contributed by atoms with van der Waals surface area (Å²) in [5, 5.41) is 0. The normalized spacial score (nSPS) is 12.4. The van der Waals surface area contributed by atoms with Gasteiger partial charge in [0.1, 0.15) is 5.76 Å². The summed E-state index contributed by atoms with van der Waals surface area (Å²) in [5.41, 5.74) is 1.18. The maximum Gasteiger partial charge on any atom is 0.242 e. The van der Waals surface area contributed by atoms with E-state index in [1.165, 1.54) is 0 Å². The van der Waals surface area contributed by atoms with Gasteiger partial charge in [-0.1, -0.05) is 33.8 Å². The number of furan rings is 1. The SMILES string of the molecule is COc1ccc(CCN(Cc2ccco2)C(=O)CN(C(=O)CC(C)CC(C)(C)C)C(C)C)cc1OC. The minimum absolute atomic E-state index is 0.0212. The third-order valence-corrected chi connectivity index (χ3v) is 6.13. The van der Waals surface area contributed by atoms with E-state index >= 15 is 0 Å². The van der Waals surface area contributed by atoms with Crippen LogP contribution in [0.2, 0.25) is 0 Å². The molecule has 7 heteroatoms. The number of ether oxygens (including phenoxy) is 2. The van der Waals surface area contributed by atoms with Crippen molar-refractivity contribution in [1.29, 1.82) is 0 Å². The highest BCUT2D eigenvalue weighted by Crippen LogP contribution is 2.28. The van der Waals surface area contributed by atoms with Crippen molar-refractivity contribution in [3.8, 4) is 11.5 Å². The standard InChI is InChI=1S/C29H44N2O5/c1-21(2)31(27(32)16-22(3)18-29(4,5)6)20-28(33)30(19-24-10-9-15-36-24)14-13-23-11-12-25(34-7)26(17-23)35-8/h9-12,15,17,21-22H,13-14,16,18-20H2,1-8H3. The van der Waals surface area contributed by atoms with Gasteiger partial charge < -0.3 is 23.7 Å². The molecule has 0 N–H and O–H groups in total. The molecule has 2 rings (SSSR count). The summed E-state index contributed by atoms with van der Waals surface area (Å²) in [6.45, 7) is 13.4. The molecule has 1 heterocycles. The van der Waals surface area contributed by atoms with E-state index in [2.05, 4.69) is 27.7 Å². The molecule has 7 nitrogen and oxygen atoms in total. The summed E-state index contributed by atoms with van der Waals surface area (Å²) >= 11 is 0. The van der Waals surface area contributed by atoms with Gasteiger partial charge in [0.2, 0.25) is 11.8 Å². The van der Waals surface area contributed by atoms with Crippen LogP contribution in [0.4, 0.5) is 0 Å². The lowest BCUT2D eigenvalue weighted by Crippen LogP contribution is -2.46. The molecule has 200 valence electrons. The molecule has 1 atom stereocenters. The summed E-state index contributed by atoms with van der Waals surface area (Å²) in [5.74, 6) is 2.19. The number of benzene rings is 1. The van der Waals surface area contributed by atoms with Crippen LogP contribution in [0.25, 0.3) is 0 Å². The van der Waals surface area contributed by atoms with Crippen molar-refractivity contribution in [2.24, 2.45) is 11.3 Å². The van der Waals surface area contributed by atoms with E-state index in [-0.39, 0.29) is 35.7 Å². The predicted molar refractivity (Wildman–Crippen MR) is 142 cm³/mol. The molecule has 36 heavy (non-hydrogen) atoms. The van der Waals surface area contributed by atoms with Gasteiger partial charge in [0.15, 0.2) is 11.5 Å². The molecular formula is C29H44N2O5. The Kier molecular flexibility index (Phi) is 10.9. The number of amides is 2. The van der Waals surface area contributed by atoms with Crippen molar-refractivity contribution >= 4 is 11.8 Å². The molecule has 0 saturated carbocycles. The number of rotatable bonds is 13. The molecule has 1 unspecified atom stereocenters. The Hall–Kier alpha value is -2.96.